The highest BCUT2D eigenvalue weighted by molar-refractivity contribution is 5.93. The Labute approximate surface area is 160 Å². The lowest BCUT2D eigenvalue weighted by atomic mass is 9.97. The molecule has 2 aromatic carbocycles. The first-order valence-corrected chi connectivity index (χ1v) is 9.48. The summed E-state index contributed by atoms with van der Waals surface area (Å²) in [5.74, 6) is -0.190. The Balaban J connectivity index is 1.55. The van der Waals surface area contributed by atoms with E-state index < -0.39 is 0 Å². The van der Waals surface area contributed by atoms with Crippen LogP contribution in [0.4, 0.5) is 10.5 Å². The topological polar surface area (TPSA) is 61.4 Å². The number of amides is 3. The van der Waals surface area contributed by atoms with Crippen LogP contribution in [0.5, 0.6) is 0 Å². The van der Waals surface area contributed by atoms with Gasteiger partial charge in [0.05, 0.1) is 5.92 Å². The molecule has 5 heteroatoms. The number of carbonyl (C=O) groups is 2. The van der Waals surface area contributed by atoms with E-state index in [0.717, 1.165) is 29.7 Å². The first-order chi connectivity index (χ1) is 13.0. The van der Waals surface area contributed by atoms with Crippen molar-refractivity contribution < 1.29 is 9.59 Å². The first kappa shape index (κ1) is 19.0. The summed E-state index contributed by atoms with van der Waals surface area (Å²) < 4.78 is 0. The third kappa shape index (κ3) is 5.09. The molecule has 0 spiro atoms. The second-order valence-electron chi connectivity index (χ2n) is 7.24. The van der Waals surface area contributed by atoms with Gasteiger partial charge < -0.3 is 15.5 Å². The number of nitrogens with zero attached hydrogens (tertiary/aromatic N) is 1. The molecule has 1 atom stereocenters. The fraction of sp³-hybridized carbons (Fsp3) is 0.364. The summed E-state index contributed by atoms with van der Waals surface area (Å²) >= 11 is 0. The van der Waals surface area contributed by atoms with Crippen LogP contribution in [-0.4, -0.2) is 29.9 Å². The lowest BCUT2D eigenvalue weighted by molar-refractivity contribution is -0.121. The zero-order valence-electron chi connectivity index (χ0n) is 16.0. The zero-order valence-corrected chi connectivity index (χ0v) is 16.0. The van der Waals surface area contributed by atoms with Gasteiger partial charge in [-0.15, -0.1) is 0 Å². The number of rotatable bonds is 4. The van der Waals surface area contributed by atoms with Gasteiger partial charge in [-0.25, -0.2) is 4.79 Å². The van der Waals surface area contributed by atoms with Crippen molar-refractivity contribution in [3.63, 3.8) is 0 Å². The van der Waals surface area contributed by atoms with Gasteiger partial charge in [0.25, 0.3) is 0 Å². The monoisotopic (exact) mass is 365 g/mol. The summed E-state index contributed by atoms with van der Waals surface area (Å²) in [6, 6.07) is 15.7. The number of benzene rings is 2. The molecule has 0 aromatic heterocycles. The Morgan fingerprint density at radius 1 is 1.11 bits per heavy atom. The van der Waals surface area contributed by atoms with Crippen LogP contribution < -0.4 is 10.6 Å². The smallest absolute Gasteiger partial charge is 0.317 e. The van der Waals surface area contributed by atoms with Crippen molar-refractivity contribution in [3.05, 3.63) is 65.2 Å². The number of carbonyl (C=O) groups excluding carboxylic acids is 2. The van der Waals surface area contributed by atoms with Crippen molar-refractivity contribution in [2.75, 3.05) is 18.4 Å². The van der Waals surface area contributed by atoms with E-state index in [1.54, 1.807) is 4.90 Å². The van der Waals surface area contributed by atoms with Crippen molar-refractivity contribution in [1.82, 2.24) is 10.2 Å². The average Bonchev–Trinajstić information content (AvgIpc) is 2.69. The molecule has 1 fully saturated rings. The highest BCUT2D eigenvalue weighted by Gasteiger charge is 2.28. The molecule has 2 aromatic rings. The van der Waals surface area contributed by atoms with Gasteiger partial charge in [0.2, 0.25) is 5.91 Å². The molecule has 2 N–H and O–H groups in total. The maximum atomic E-state index is 12.7. The lowest BCUT2D eigenvalue weighted by Crippen LogP contribution is -2.47. The van der Waals surface area contributed by atoms with Crippen LogP contribution in [0.3, 0.4) is 0 Å². The third-order valence-corrected chi connectivity index (χ3v) is 5.01. The lowest BCUT2D eigenvalue weighted by Gasteiger charge is -2.32. The maximum Gasteiger partial charge on any atom is 0.317 e. The van der Waals surface area contributed by atoms with E-state index in [-0.39, 0.29) is 17.9 Å². The van der Waals surface area contributed by atoms with Crippen molar-refractivity contribution >= 4 is 17.6 Å². The summed E-state index contributed by atoms with van der Waals surface area (Å²) in [6.07, 6.45) is 1.64. The van der Waals surface area contributed by atoms with Crippen molar-refractivity contribution in [2.24, 2.45) is 5.92 Å². The molecule has 0 aliphatic carbocycles. The molecule has 0 unspecified atom stereocenters. The van der Waals surface area contributed by atoms with Gasteiger partial charge in [-0.1, -0.05) is 48.0 Å². The van der Waals surface area contributed by atoms with Crippen molar-refractivity contribution in [3.8, 4) is 0 Å². The van der Waals surface area contributed by atoms with Crippen LogP contribution in [0.2, 0.25) is 0 Å². The van der Waals surface area contributed by atoms with Gasteiger partial charge in [0, 0.05) is 25.3 Å². The van der Waals surface area contributed by atoms with Crippen LogP contribution in [0.15, 0.2) is 48.5 Å². The molecule has 1 saturated heterocycles. The molecule has 1 heterocycles. The fourth-order valence-electron chi connectivity index (χ4n) is 3.45. The van der Waals surface area contributed by atoms with Crippen molar-refractivity contribution in [2.45, 2.75) is 33.2 Å². The van der Waals surface area contributed by atoms with Gasteiger partial charge in [0.15, 0.2) is 0 Å². The quantitative estimate of drug-likeness (QED) is 0.864. The minimum atomic E-state index is -0.179. The Hall–Kier alpha value is -2.82. The van der Waals surface area contributed by atoms with E-state index in [9.17, 15) is 9.59 Å². The number of piperidine rings is 1. The average molecular weight is 365 g/mol. The summed E-state index contributed by atoms with van der Waals surface area (Å²) in [7, 11) is 0. The minimum absolute atomic E-state index is 0.0116. The molecule has 142 valence electrons. The molecule has 1 aliphatic heterocycles. The van der Waals surface area contributed by atoms with E-state index in [0.29, 0.717) is 19.6 Å². The normalized spacial score (nSPS) is 16.7. The highest BCUT2D eigenvalue weighted by atomic mass is 16.2. The first-order valence-electron chi connectivity index (χ1n) is 9.48. The molecule has 1 aliphatic rings. The van der Waals surface area contributed by atoms with E-state index in [1.807, 2.05) is 56.3 Å². The van der Waals surface area contributed by atoms with Crippen LogP contribution in [0.1, 0.15) is 29.5 Å². The van der Waals surface area contributed by atoms with Gasteiger partial charge in [-0.2, -0.15) is 0 Å². The Bertz CT molecular complexity index is 804. The summed E-state index contributed by atoms with van der Waals surface area (Å²) in [6.45, 7) is 5.67. The zero-order chi connectivity index (χ0) is 19.2. The SMILES string of the molecule is Cc1ccc(NC(=O)[C@@H]2CCCN(C(=O)NCc3ccccc3)C2)c(C)c1. The number of nitrogens with one attached hydrogen (secondary N) is 2. The molecular weight excluding hydrogens is 338 g/mol. The third-order valence-electron chi connectivity index (χ3n) is 5.01. The van der Waals surface area contributed by atoms with Crippen LogP contribution in [-0.2, 0) is 11.3 Å². The number of hydrogen-bond donors (Lipinski definition) is 2. The van der Waals surface area contributed by atoms with Crippen molar-refractivity contribution in [1.29, 1.82) is 0 Å². The predicted octanol–water partition coefficient (Wildman–Crippen LogP) is 3.86. The van der Waals surface area contributed by atoms with Crippen LogP contribution in [0.25, 0.3) is 0 Å². The van der Waals surface area contributed by atoms with Crippen LogP contribution >= 0.6 is 0 Å². The van der Waals surface area contributed by atoms with Gasteiger partial charge in [-0.05, 0) is 43.9 Å². The molecule has 0 radical (unpaired) electrons. The standard InChI is InChI=1S/C22H27N3O2/c1-16-10-11-20(17(2)13-16)24-21(26)19-9-6-12-25(15-19)22(27)23-14-18-7-4-3-5-8-18/h3-5,7-8,10-11,13,19H,6,9,12,14-15H2,1-2H3,(H,23,27)(H,24,26)/t19-/m1/s1. The molecule has 0 saturated carbocycles. The number of urea groups is 1. The Morgan fingerprint density at radius 3 is 2.63 bits per heavy atom. The summed E-state index contributed by atoms with van der Waals surface area (Å²) in [5.41, 5.74) is 4.13. The largest absolute Gasteiger partial charge is 0.334 e. The maximum absolute atomic E-state index is 12.7. The number of anilines is 1. The van der Waals surface area contributed by atoms with E-state index >= 15 is 0 Å². The fourth-order valence-corrected chi connectivity index (χ4v) is 3.45. The summed E-state index contributed by atoms with van der Waals surface area (Å²) in [5, 5.41) is 5.98. The highest BCUT2D eigenvalue weighted by Crippen LogP contribution is 2.21. The second-order valence-corrected chi connectivity index (χ2v) is 7.24. The molecule has 3 amide bonds. The Morgan fingerprint density at radius 2 is 1.89 bits per heavy atom. The van der Waals surface area contributed by atoms with Gasteiger partial charge in [-0.3, -0.25) is 4.79 Å². The number of aryl methyl sites for hydroxylation is 2. The summed E-state index contributed by atoms with van der Waals surface area (Å²) in [4.78, 5) is 26.9. The molecule has 3 rings (SSSR count). The molecule has 5 nitrogen and oxygen atoms in total. The van der Waals surface area contributed by atoms with Gasteiger partial charge in [0.1, 0.15) is 0 Å². The Kier molecular flexibility index (Phi) is 6.12. The minimum Gasteiger partial charge on any atom is -0.334 e. The van der Waals surface area contributed by atoms with E-state index in [1.165, 1.54) is 5.56 Å². The molecule has 27 heavy (non-hydrogen) atoms. The second kappa shape index (κ2) is 8.71. The van der Waals surface area contributed by atoms with E-state index in [2.05, 4.69) is 16.7 Å². The number of hydrogen-bond acceptors (Lipinski definition) is 2. The number of likely N-dealkylation sites (tertiary alicyclic amines) is 1. The molecule has 0 bridgehead atoms. The molecular formula is C22H27N3O2. The van der Waals surface area contributed by atoms with Gasteiger partial charge >= 0.3 is 6.03 Å². The van der Waals surface area contributed by atoms with E-state index in [4.69, 9.17) is 0 Å². The van der Waals surface area contributed by atoms with Crippen LogP contribution in [0, 0.1) is 19.8 Å². The predicted molar refractivity (Wildman–Crippen MR) is 108 cm³/mol.